The van der Waals surface area contributed by atoms with Crippen molar-refractivity contribution in [2.45, 2.75) is 18.9 Å². The normalized spacial score (nSPS) is 16.7. The molecule has 0 unspecified atom stereocenters. The Morgan fingerprint density at radius 3 is 2.63 bits per heavy atom. The van der Waals surface area contributed by atoms with Crippen molar-refractivity contribution in [1.82, 2.24) is 19.8 Å². The number of likely N-dealkylation sites (tertiary alicyclic amines) is 1. The number of nitrogens with one attached hydrogen (secondary N) is 2. The molecule has 6 rings (SSSR count). The monoisotopic (exact) mass is 584 g/mol. The second-order valence-electron chi connectivity index (χ2n) is 10.9. The Bertz CT molecular complexity index is 1500. The number of morpholine rings is 1. The molecule has 2 aromatic carbocycles. The van der Waals surface area contributed by atoms with Crippen LogP contribution < -0.4 is 20.1 Å². The van der Waals surface area contributed by atoms with Gasteiger partial charge in [-0.2, -0.15) is 0 Å². The maximum absolute atomic E-state index is 6.42. The molecular formula is C33H40N6O4. The lowest BCUT2D eigenvalue weighted by Crippen LogP contribution is -2.39. The van der Waals surface area contributed by atoms with Crippen LogP contribution in [0.5, 0.6) is 11.5 Å². The fraction of sp³-hybridized carbons (Fsp3) is 0.394. The predicted octanol–water partition coefficient (Wildman–Crippen LogP) is 5.42. The molecule has 10 heteroatoms. The molecule has 4 aromatic rings. The number of aromatic nitrogens is 2. The lowest BCUT2D eigenvalue weighted by atomic mass is 10.0. The molecule has 2 aliphatic rings. The van der Waals surface area contributed by atoms with Gasteiger partial charge in [0.05, 0.1) is 43.5 Å². The van der Waals surface area contributed by atoms with Gasteiger partial charge in [-0.05, 0) is 49.2 Å². The molecule has 226 valence electrons. The van der Waals surface area contributed by atoms with E-state index in [1.807, 2.05) is 42.5 Å². The van der Waals surface area contributed by atoms with Crippen molar-refractivity contribution in [3.8, 4) is 22.8 Å². The molecule has 0 bridgehead atoms. The van der Waals surface area contributed by atoms with Gasteiger partial charge in [-0.15, -0.1) is 6.58 Å². The Morgan fingerprint density at radius 1 is 1.00 bits per heavy atom. The third-order valence-electron chi connectivity index (χ3n) is 8.10. The highest BCUT2D eigenvalue weighted by Gasteiger charge is 2.21. The first-order valence-electron chi connectivity index (χ1n) is 15.0. The van der Waals surface area contributed by atoms with E-state index in [-0.39, 0.29) is 0 Å². The van der Waals surface area contributed by atoms with Crippen LogP contribution in [0.4, 0.5) is 17.2 Å². The van der Waals surface area contributed by atoms with Gasteiger partial charge >= 0.3 is 0 Å². The van der Waals surface area contributed by atoms with Crippen LogP contribution in [-0.2, 0) is 4.74 Å². The zero-order valence-corrected chi connectivity index (χ0v) is 24.8. The minimum atomic E-state index is 0.339. The largest absolute Gasteiger partial charge is 0.495 e. The number of furan rings is 1. The number of piperidine rings is 1. The van der Waals surface area contributed by atoms with Crippen molar-refractivity contribution in [2.75, 3.05) is 76.8 Å². The fourth-order valence-corrected chi connectivity index (χ4v) is 5.72. The summed E-state index contributed by atoms with van der Waals surface area (Å²) in [5.74, 6) is 2.97. The summed E-state index contributed by atoms with van der Waals surface area (Å²) < 4.78 is 23.2. The fourth-order valence-electron chi connectivity index (χ4n) is 5.72. The van der Waals surface area contributed by atoms with Gasteiger partial charge in [0.2, 0.25) is 0 Å². The molecule has 0 saturated carbocycles. The average molecular weight is 585 g/mol. The van der Waals surface area contributed by atoms with Crippen LogP contribution in [0.3, 0.4) is 0 Å². The first kappa shape index (κ1) is 29.0. The first-order chi connectivity index (χ1) is 21.2. The van der Waals surface area contributed by atoms with Gasteiger partial charge in [-0.3, -0.25) is 9.80 Å². The zero-order valence-electron chi connectivity index (χ0n) is 24.8. The van der Waals surface area contributed by atoms with Crippen molar-refractivity contribution in [3.05, 3.63) is 67.7 Å². The van der Waals surface area contributed by atoms with E-state index in [0.717, 1.165) is 105 Å². The number of benzene rings is 2. The smallest absolute Gasteiger partial charge is 0.144 e. The van der Waals surface area contributed by atoms with Crippen LogP contribution in [-0.4, -0.2) is 92.0 Å². The van der Waals surface area contributed by atoms with Crippen LogP contribution >= 0.6 is 0 Å². The summed E-state index contributed by atoms with van der Waals surface area (Å²) in [5, 5.41) is 8.20. The SMILES string of the molecule is C=CCN1CCC(Nc2cc3c(Nc4cc(-c5ccco5)ccc4OC)ncnc3cc2OCCN2CCOCC2)CC1. The number of nitrogens with zero attached hydrogens (tertiary/aromatic N) is 4. The van der Waals surface area contributed by atoms with Crippen LogP contribution in [0, 0.1) is 0 Å². The molecule has 0 atom stereocenters. The van der Waals surface area contributed by atoms with Gasteiger partial charge in [-0.25, -0.2) is 9.97 Å². The molecule has 0 radical (unpaired) electrons. The second-order valence-corrected chi connectivity index (χ2v) is 10.9. The maximum atomic E-state index is 6.42. The van der Waals surface area contributed by atoms with Crippen molar-refractivity contribution >= 4 is 28.1 Å². The molecule has 2 N–H and O–H groups in total. The van der Waals surface area contributed by atoms with E-state index >= 15 is 0 Å². The van der Waals surface area contributed by atoms with E-state index in [1.165, 1.54) is 0 Å². The molecule has 2 aliphatic heterocycles. The molecule has 4 heterocycles. The van der Waals surface area contributed by atoms with Crippen molar-refractivity contribution in [3.63, 3.8) is 0 Å². The summed E-state index contributed by atoms with van der Waals surface area (Å²) in [6.45, 7) is 11.7. The van der Waals surface area contributed by atoms with Gasteiger partial charge in [0.15, 0.2) is 0 Å². The molecule has 2 saturated heterocycles. The summed E-state index contributed by atoms with van der Waals surface area (Å²) in [7, 11) is 1.66. The molecule has 0 aliphatic carbocycles. The van der Waals surface area contributed by atoms with Gasteiger partial charge < -0.3 is 29.3 Å². The van der Waals surface area contributed by atoms with E-state index in [0.29, 0.717) is 24.2 Å². The quantitative estimate of drug-likeness (QED) is 0.210. The van der Waals surface area contributed by atoms with Crippen LogP contribution in [0.1, 0.15) is 12.8 Å². The Hall–Kier alpha value is -4.12. The van der Waals surface area contributed by atoms with Crippen LogP contribution in [0.25, 0.3) is 22.2 Å². The highest BCUT2D eigenvalue weighted by Crippen LogP contribution is 2.37. The van der Waals surface area contributed by atoms with Gasteiger partial charge in [0, 0.05) is 62.3 Å². The number of fused-ring (bicyclic) bond motifs is 1. The maximum Gasteiger partial charge on any atom is 0.144 e. The Morgan fingerprint density at radius 2 is 1.86 bits per heavy atom. The number of ether oxygens (including phenoxy) is 3. The average Bonchev–Trinajstić information content (AvgIpc) is 3.59. The van der Waals surface area contributed by atoms with Crippen LogP contribution in [0.15, 0.2) is 72.1 Å². The van der Waals surface area contributed by atoms with E-state index in [1.54, 1.807) is 19.7 Å². The first-order valence-corrected chi connectivity index (χ1v) is 15.0. The van der Waals surface area contributed by atoms with E-state index in [9.17, 15) is 0 Å². The zero-order chi connectivity index (χ0) is 29.4. The van der Waals surface area contributed by atoms with Crippen molar-refractivity contribution in [1.29, 1.82) is 0 Å². The standard InChI is InChI=1S/C33H40N6O4/c1-3-10-38-11-8-25(9-12-38)36-29-21-26-27(22-32(29)43-19-15-39-13-17-41-18-14-39)34-23-35-33(26)37-28-20-24(6-7-31(28)40-2)30-5-4-16-42-30/h3-7,16,20-23,25,36H,1,8-15,17-19H2,2H3,(H,34,35,37). The Kier molecular flexibility index (Phi) is 9.37. The summed E-state index contributed by atoms with van der Waals surface area (Å²) >= 11 is 0. The van der Waals surface area contributed by atoms with Crippen LogP contribution in [0.2, 0.25) is 0 Å². The van der Waals surface area contributed by atoms with E-state index in [2.05, 4.69) is 43.0 Å². The summed E-state index contributed by atoms with van der Waals surface area (Å²) in [4.78, 5) is 14.1. The third-order valence-corrected chi connectivity index (χ3v) is 8.10. The summed E-state index contributed by atoms with van der Waals surface area (Å²) in [5.41, 5.74) is 3.47. The molecule has 43 heavy (non-hydrogen) atoms. The predicted molar refractivity (Wildman–Crippen MR) is 170 cm³/mol. The summed E-state index contributed by atoms with van der Waals surface area (Å²) in [6, 6.07) is 14.2. The number of hydrogen-bond acceptors (Lipinski definition) is 10. The highest BCUT2D eigenvalue weighted by molar-refractivity contribution is 5.95. The molecule has 0 amide bonds. The second kappa shape index (κ2) is 13.9. The number of hydrogen-bond donors (Lipinski definition) is 2. The minimum absolute atomic E-state index is 0.339. The Labute approximate surface area is 252 Å². The topological polar surface area (TPSA) is 97.2 Å². The minimum Gasteiger partial charge on any atom is -0.495 e. The Balaban J connectivity index is 1.28. The molecular weight excluding hydrogens is 544 g/mol. The van der Waals surface area contributed by atoms with Crippen molar-refractivity contribution < 1.29 is 18.6 Å². The summed E-state index contributed by atoms with van der Waals surface area (Å²) in [6.07, 6.45) is 7.32. The van der Waals surface area contributed by atoms with E-state index < -0.39 is 0 Å². The van der Waals surface area contributed by atoms with Gasteiger partial charge in [-0.1, -0.05) is 6.08 Å². The molecule has 0 spiro atoms. The lowest BCUT2D eigenvalue weighted by molar-refractivity contribution is 0.0323. The molecule has 2 fully saturated rings. The number of rotatable bonds is 12. The van der Waals surface area contributed by atoms with E-state index in [4.69, 9.17) is 18.6 Å². The van der Waals surface area contributed by atoms with Gasteiger partial charge in [0.25, 0.3) is 0 Å². The third kappa shape index (κ3) is 7.10. The molecule has 2 aromatic heterocycles. The lowest BCUT2D eigenvalue weighted by Gasteiger charge is -2.32. The number of anilines is 3. The molecule has 10 nitrogen and oxygen atoms in total. The highest BCUT2D eigenvalue weighted by atomic mass is 16.5. The van der Waals surface area contributed by atoms with Gasteiger partial charge in [0.1, 0.15) is 36.0 Å². The van der Waals surface area contributed by atoms with Crippen molar-refractivity contribution in [2.24, 2.45) is 0 Å². The number of methoxy groups -OCH3 is 1.